The predicted molar refractivity (Wildman–Crippen MR) is 57.2 cm³/mol. The Morgan fingerprint density at radius 3 is 2.47 bits per heavy atom. The third kappa shape index (κ3) is 4.59. The fourth-order valence-electron chi connectivity index (χ4n) is 1.32. The molecule has 1 rings (SSSR count). The zero-order valence-corrected chi connectivity index (χ0v) is 9.93. The van der Waals surface area contributed by atoms with Crippen LogP contribution in [0.25, 0.3) is 0 Å². The molecule has 0 aromatic heterocycles. The van der Waals surface area contributed by atoms with Gasteiger partial charge in [-0.05, 0) is 30.7 Å². The highest BCUT2D eigenvalue weighted by Gasteiger charge is 2.41. The lowest BCUT2D eigenvalue weighted by molar-refractivity contribution is -0.163. The molecule has 0 spiro atoms. The molecule has 0 saturated carbocycles. The van der Waals surface area contributed by atoms with Crippen LogP contribution in [-0.2, 0) is 4.74 Å². The number of benzene rings is 1. The Morgan fingerprint density at radius 2 is 1.95 bits per heavy atom. The number of carbonyl (C=O) groups is 1. The maximum Gasteiger partial charge on any atom is 0.330 e. The number of halogens is 5. The predicted octanol–water partition coefficient (Wildman–Crippen LogP) is 3.23. The van der Waals surface area contributed by atoms with Crippen molar-refractivity contribution in [2.45, 2.75) is 19.3 Å². The van der Waals surface area contributed by atoms with Crippen molar-refractivity contribution in [3.05, 3.63) is 35.1 Å². The number of ether oxygens (including phenoxy) is 1. The summed E-state index contributed by atoms with van der Waals surface area (Å²) >= 11 is 0. The topological polar surface area (TPSA) is 26.3 Å². The molecular formula is C12H11F5O2. The summed E-state index contributed by atoms with van der Waals surface area (Å²) in [6, 6.07) is 3.45. The van der Waals surface area contributed by atoms with Gasteiger partial charge in [-0.25, -0.2) is 13.2 Å². The zero-order chi connectivity index (χ0) is 14.6. The molecule has 0 radical (unpaired) electrons. The Balaban J connectivity index is 2.57. The van der Waals surface area contributed by atoms with Crippen LogP contribution < -0.4 is 0 Å². The van der Waals surface area contributed by atoms with Crippen LogP contribution in [0.5, 0.6) is 0 Å². The highest BCUT2D eigenvalue weighted by molar-refractivity contribution is 5.97. The van der Waals surface area contributed by atoms with Crippen molar-refractivity contribution in [1.29, 1.82) is 0 Å². The van der Waals surface area contributed by atoms with Crippen LogP contribution in [0.15, 0.2) is 18.2 Å². The largest absolute Gasteiger partial charge is 0.367 e. The second-order valence-electron chi connectivity index (χ2n) is 3.99. The molecule has 0 saturated heterocycles. The highest BCUT2D eigenvalue weighted by atomic mass is 19.3. The lowest BCUT2D eigenvalue weighted by atomic mass is 10.1. The summed E-state index contributed by atoms with van der Waals surface area (Å²) in [6.45, 7) is -0.832. The van der Waals surface area contributed by atoms with E-state index in [9.17, 15) is 26.7 Å². The van der Waals surface area contributed by atoms with E-state index in [2.05, 4.69) is 4.74 Å². The van der Waals surface area contributed by atoms with Gasteiger partial charge in [0.2, 0.25) is 0 Å². The number of rotatable bonds is 6. The van der Waals surface area contributed by atoms with Gasteiger partial charge in [-0.3, -0.25) is 4.79 Å². The molecule has 19 heavy (non-hydrogen) atoms. The van der Waals surface area contributed by atoms with Crippen LogP contribution in [-0.4, -0.2) is 31.3 Å². The van der Waals surface area contributed by atoms with Gasteiger partial charge in [-0.15, -0.1) is 0 Å². The average Bonchev–Trinajstić information content (AvgIpc) is 2.27. The van der Waals surface area contributed by atoms with Gasteiger partial charge in [-0.2, -0.15) is 8.78 Å². The average molecular weight is 282 g/mol. The summed E-state index contributed by atoms with van der Waals surface area (Å²) in [5.41, 5.74) is 0.416. The van der Waals surface area contributed by atoms with Crippen molar-refractivity contribution >= 4 is 5.78 Å². The maximum absolute atomic E-state index is 13.0. The van der Waals surface area contributed by atoms with Crippen LogP contribution in [0.3, 0.4) is 0 Å². The number of Topliss-reactive ketones (excluding diaryl/α,β-unsaturated/α-hetero) is 1. The molecular weight excluding hydrogens is 271 g/mol. The molecule has 0 unspecified atom stereocenters. The smallest absolute Gasteiger partial charge is 0.330 e. The first kappa shape index (κ1) is 15.6. The van der Waals surface area contributed by atoms with E-state index < -0.39 is 37.2 Å². The molecule has 0 N–H and O–H groups in total. The Bertz CT molecular complexity index is 439. The van der Waals surface area contributed by atoms with Crippen molar-refractivity contribution in [2.24, 2.45) is 0 Å². The Hall–Kier alpha value is -1.50. The molecule has 1 aromatic rings. The molecule has 0 aliphatic rings. The number of aryl methyl sites for hydroxylation is 1. The summed E-state index contributed by atoms with van der Waals surface area (Å²) in [4.78, 5) is 11.5. The van der Waals surface area contributed by atoms with E-state index in [1.54, 1.807) is 6.92 Å². The fourth-order valence-corrected chi connectivity index (χ4v) is 1.32. The molecule has 2 nitrogen and oxygen atoms in total. The van der Waals surface area contributed by atoms with Crippen LogP contribution in [0.2, 0.25) is 0 Å². The SMILES string of the molecule is Cc1cc(F)cc(C(=O)COCC(F)(F)C(F)F)c1. The first-order valence-corrected chi connectivity index (χ1v) is 5.26. The minimum atomic E-state index is -4.31. The summed E-state index contributed by atoms with van der Waals surface area (Å²) < 4.78 is 65.8. The van der Waals surface area contributed by atoms with Crippen LogP contribution >= 0.6 is 0 Å². The Labute approximate surface area is 106 Å². The quantitative estimate of drug-likeness (QED) is 0.591. The lowest BCUT2D eigenvalue weighted by Gasteiger charge is -2.14. The van der Waals surface area contributed by atoms with Crippen LogP contribution in [0, 0.1) is 12.7 Å². The second kappa shape index (κ2) is 6.10. The molecule has 7 heteroatoms. The number of hydrogen-bond acceptors (Lipinski definition) is 2. The van der Waals surface area contributed by atoms with Crippen LogP contribution in [0.1, 0.15) is 15.9 Å². The summed E-state index contributed by atoms with van der Waals surface area (Å²) in [7, 11) is 0. The van der Waals surface area contributed by atoms with Gasteiger partial charge in [0.1, 0.15) is 19.0 Å². The van der Waals surface area contributed by atoms with E-state index in [4.69, 9.17) is 0 Å². The van der Waals surface area contributed by atoms with Crippen molar-refractivity contribution in [3.8, 4) is 0 Å². The van der Waals surface area contributed by atoms with Gasteiger partial charge >= 0.3 is 12.3 Å². The normalized spacial score (nSPS) is 11.9. The van der Waals surface area contributed by atoms with E-state index in [0.29, 0.717) is 5.56 Å². The number of hydrogen-bond donors (Lipinski definition) is 0. The third-order valence-corrected chi connectivity index (χ3v) is 2.21. The number of alkyl halides is 4. The summed E-state index contributed by atoms with van der Waals surface area (Å²) in [6.07, 6.45) is -3.86. The van der Waals surface area contributed by atoms with Crippen molar-refractivity contribution in [3.63, 3.8) is 0 Å². The molecule has 106 valence electrons. The Morgan fingerprint density at radius 1 is 1.32 bits per heavy atom. The first-order chi connectivity index (χ1) is 8.72. The number of ketones is 1. The molecule has 0 fully saturated rings. The molecule has 1 aromatic carbocycles. The molecule has 0 aliphatic heterocycles. The van der Waals surface area contributed by atoms with Gasteiger partial charge in [0.15, 0.2) is 5.78 Å². The third-order valence-electron chi connectivity index (χ3n) is 2.21. The van der Waals surface area contributed by atoms with Gasteiger partial charge in [0.25, 0.3) is 0 Å². The maximum atomic E-state index is 13.0. The van der Waals surface area contributed by atoms with Crippen molar-refractivity contribution in [2.75, 3.05) is 13.2 Å². The molecule has 0 amide bonds. The number of carbonyl (C=O) groups excluding carboxylic acids is 1. The first-order valence-electron chi connectivity index (χ1n) is 5.26. The highest BCUT2D eigenvalue weighted by Crippen LogP contribution is 2.22. The molecule has 0 heterocycles. The van der Waals surface area contributed by atoms with Gasteiger partial charge in [0.05, 0.1) is 0 Å². The molecule has 0 bridgehead atoms. The van der Waals surface area contributed by atoms with E-state index in [1.807, 2.05) is 0 Å². The van der Waals surface area contributed by atoms with E-state index in [1.165, 1.54) is 12.1 Å². The fraction of sp³-hybridized carbons (Fsp3) is 0.417. The van der Waals surface area contributed by atoms with Gasteiger partial charge in [0, 0.05) is 5.56 Å². The zero-order valence-electron chi connectivity index (χ0n) is 9.93. The van der Waals surface area contributed by atoms with Crippen LogP contribution in [0.4, 0.5) is 22.0 Å². The van der Waals surface area contributed by atoms with E-state index in [-0.39, 0.29) is 5.56 Å². The molecule has 0 aliphatic carbocycles. The standard InChI is InChI=1S/C12H11F5O2/c1-7-2-8(4-9(13)3-7)10(18)5-19-6-12(16,17)11(14)15/h2-4,11H,5-6H2,1H3. The summed E-state index contributed by atoms with van der Waals surface area (Å²) in [5.74, 6) is -5.72. The van der Waals surface area contributed by atoms with E-state index >= 15 is 0 Å². The minimum absolute atomic E-state index is 0.0575. The molecule has 0 atom stereocenters. The van der Waals surface area contributed by atoms with Gasteiger partial charge < -0.3 is 4.74 Å². The summed E-state index contributed by atoms with van der Waals surface area (Å²) in [5, 5.41) is 0. The van der Waals surface area contributed by atoms with E-state index in [0.717, 1.165) is 6.07 Å². The second-order valence-corrected chi connectivity index (χ2v) is 3.99. The lowest BCUT2D eigenvalue weighted by Crippen LogP contribution is -2.33. The monoisotopic (exact) mass is 282 g/mol. The minimum Gasteiger partial charge on any atom is -0.367 e. The van der Waals surface area contributed by atoms with Crippen molar-refractivity contribution < 1.29 is 31.5 Å². The van der Waals surface area contributed by atoms with Gasteiger partial charge in [-0.1, -0.05) is 0 Å². The van der Waals surface area contributed by atoms with Crippen molar-refractivity contribution in [1.82, 2.24) is 0 Å². The Kier molecular flexibility index (Phi) is 4.99.